The van der Waals surface area contributed by atoms with Crippen molar-refractivity contribution in [2.24, 2.45) is 0 Å². The molecular formula is C23H24F4N4O3. The lowest BCUT2D eigenvalue weighted by molar-refractivity contribution is -0.231. The molecule has 1 fully saturated rings. The third-order valence-electron chi connectivity index (χ3n) is 5.66. The van der Waals surface area contributed by atoms with Gasteiger partial charge in [-0.2, -0.15) is 18.3 Å². The van der Waals surface area contributed by atoms with Crippen LogP contribution < -0.4 is 5.69 Å². The van der Waals surface area contributed by atoms with E-state index in [4.69, 9.17) is 9.47 Å². The Bertz CT molecular complexity index is 1180. The zero-order valence-electron chi connectivity index (χ0n) is 18.5. The summed E-state index contributed by atoms with van der Waals surface area (Å²) in [5, 5.41) is 6.26. The Morgan fingerprint density at radius 2 is 1.97 bits per heavy atom. The van der Waals surface area contributed by atoms with Gasteiger partial charge in [0.1, 0.15) is 11.6 Å². The molecular weight excluding hydrogens is 456 g/mol. The Morgan fingerprint density at radius 1 is 1.24 bits per heavy atom. The first-order valence-corrected chi connectivity index (χ1v) is 10.7. The summed E-state index contributed by atoms with van der Waals surface area (Å²) in [5.74, 6) is -0.00625. The normalized spacial score (nSPS) is 20.4. The number of aromatic nitrogens is 3. The molecule has 1 aliphatic heterocycles. The van der Waals surface area contributed by atoms with Crippen molar-refractivity contribution in [1.82, 2.24) is 20.1 Å². The van der Waals surface area contributed by atoms with Gasteiger partial charge in [-0.05, 0) is 49.2 Å². The summed E-state index contributed by atoms with van der Waals surface area (Å²) < 4.78 is 65.5. The molecule has 1 aliphatic rings. The van der Waals surface area contributed by atoms with Crippen molar-refractivity contribution in [3.8, 4) is 0 Å². The number of ether oxygens (including phenoxy) is 2. The Labute approximate surface area is 192 Å². The standard InChI is InChI=1S/C23H24F4N4O3/c1-13-9-16(11-17(10-13)23(25,26)27)14(2)34-21-20(15-3-5-18(24)6-4-15)31(7-8-33-21)12-19-28-22(32)30-29-19/h3-6,9-11,14,20-21H,7-8,12H2,1-2H3,(H2,28,29,30,32)/t14-,20+,21-/m1/s1. The van der Waals surface area contributed by atoms with Gasteiger partial charge in [0.2, 0.25) is 0 Å². The summed E-state index contributed by atoms with van der Waals surface area (Å²) in [4.78, 5) is 16.0. The Balaban J connectivity index is 1.62. The van der Waals surface area contributed by atoms with Crippen LogP contribution in [-0.4, -0.2) is 39.5 Å². The smallest absolute Gasteiger partial charge is 0.349 e. The van der Waals surface area contributed by atoms with Gasteiger partial charge in [-0.3, -0.25) is 9.88 Å². The molecule has 7 nitrogen and oxygen atoms in total. The predicted molar refractivity (Wildman–Crippen MR) is 114 cm³/mol. The highest BCUT2D eigenvalue weighted by Crippen LogP contribution is 2.36. The van der Waals surface area contributed by atoms with E-state index in [-0.39, 0.29) is 13.2 Å². The van der Waals surface area contributed by atoms with Crippen LogP contribution in [0.25, 0.3) is 0 Å². The molecule has 2 aromatic carbocycles. The number of halogens is 4. The van der Waals surface area contributed by atoms with Crippen LogP contribution in [0.5, 0.6) is 0 Å². The fourth-order valence-corrected chi connectivity index (χ4v) is 4.07. The quantitative estimate of drug-likeness (QED) is 0.516. The van der Waals surface area contributed by atoms with Crippen molar-refractivity contribution in [2.45, 2.75) is 45.0 Å². The largest absolute Gasteiger partial charge is 0.416 e. The molecule has 0 amide bonds. The summed E-state index contributed by atoms with van der Waals surface area (Å²) in [6, 6.07) is 9.10. The number of nitrogens with zero attached hydrogens (tertiary/aromatic N) is 2. The van der Waals surface area contributed by atoms with Crippen LogP contribution in [-0.2, 0) is 22.2 Å². The van der Waals surface area contributed by atoms with E-state index in [0.29, 0.717) is 29.1 Å². The highest BCUT2D eigenvalue weighted by Gasteiger charge is 2.37. The monoisotopic (exact) mass is 480 g/mol. The highest BCUT2D eigenvalue weighted by molar-refractivity contribution is 5.32. The van der Waals surface area contributed by atoms with E-state index < -0.39 is 41.7 Å². The topological polar surface area (TPSA) is 83.2 Å². The lowest BCUT2D eigenvalue weighted by Crippen LogP contribution is -2.46. The first kappa shape index (κ1) is 24.1. The third-order valence-corrected chi connectivity index (χ3v) is 5.66. The fourth-order valence-electron chi connectivity index (χ4n) is 4.07. The number of H-pyrrole nitrogens is 2. The molecule has 0 saturated carbocycles. The van der Waals surface area contributed by atoms with Gasteiger partial charge >= 0.3 is 11.9 Å². The van der Waals surface area contributed by atoms with Crippen LogP contribution in [0.4, 0.5) is 17.6 Å². The van der Waals surface area contributed by atoms with Crippen molar-refractivity contribution in [2.75, 3.05) is 13.2 Å². The number of nitrogens with one attached hydrogen (secondary N) is 2. The second kappa shape index (κ2) is 9.69. The van der Waals surface area contributed by atoms with Crippen LogP contribution in [0.3, 0.4) is 0 Å². The van der Waals surface area contributed by atoms with Crippen molar-refractivity contribution >= 4 is 0 Å². The number of benzene rings is 2. The molecule has 2 heterocycles. The number of alkyl halides is 3. The minimum absolute atomic E-state index is 0.251. The van der Waals surface area contributed by atoms with E-state index in [2.05, 4.69) is 15.2 Å². The number of morpholine rings is 1. The molecule has 3 atom stereocenters. The molecule has 182 valence electrons. The number of rotatable bonds is 6. The number of hydrogen-bond acceptors (Lipinski definition) is 5. The molecule has 2 N–H and O–H groups in total. The lowest BCUT2D eigenvalue weighted by atomic mass is 10.0. The maximum Gasteiger partial charge on any atom is 0.416 e. The summed E-state index contributed by atoms with van der Waals surface area (Å²) in [5.41, 5.74) is 0.326. The van der Waals surface area contributed by atoms with Crippen LogP contribution in [0, 0.1) is 12.7 Å². The molecule has 1 saturated heterocycles. The number of aryl methyl sites for hydroxylation is 1. The number of aromatic amines is 2. The average Bonchev–Trinajstić information content (AvgIpc) is 3.18. The first-order valence-electron chi connectivity index (χ1n) is 10.7. The Hall–Kier alpha value is -3.02. The highest BCUT2D eigenvalue weighted by atomic mass is 19.4. The van der Waals surface area contributed by atoms with Crippen LogP contribution in [0.1, 0.15) is 47.1 Å². The molecule has 0 radical (unpaired) electrons. The van der Waals surface area contributed by atoms with Crippen LogP contribution >= 0.6 is 0 Å². The Kier molecular flexibility index (Phi) is 6.87. The summed E-state index contributed by atoms with van der Waals surface area (Å²) >= 11 is 0. The van der Waals surface area contributed by atoms with Crippen molar-refractivity contribution in [3.05, 3.63) is 86.8 Å². The summed E-state index contributed by atoms with van der Waals surface area (Å²) in [6.07, 6.45) is -6.07. The van der Waals surface area contributed by atoms with Gasteiger partial charge in [-0.15, -0.1) is 0 Å². The maximum atomic E-state index is 13.6. The van der Waals surface area contributed by atoms with Crippen molar-refractivity contribution in [3.63, 3.8) is 0 Å². The molecule has 0 unspecified atom stereocenters. The molecule has 3 aromatic rings. The van der Waals surface area contributed by atoms with Gasteiger partial charge in [0, 0.05) is 6.54 Å². The predicted octanol–water partition coefficient (Wildman–Crippen LogP) is 4.24. The molecule has 0 bridgehead atoms. The van der Waals surface area contributed by atoms with Gasteiger partial charge in [0.15, 0.2) is 6.29 Å². The average molecular weight is 480 g/mol. The zero-order chi connectivity index (χ0) is 24.5. The molecule has 34 heavy (non-hydrogen) atoms. The molecule has 0 aliphatic carbocycles. The van der Waals surface area contributed by atoms with Crippen molar-refractivity contribution < 1.29 is 27.0 Å². The van der Waals surface area contributed by atoms with Gasteiger partial charge in [0.05, 0.1) is 30.9 Å². The third kappa shape index (κ3) is 5.54. The zero-order valence-corrected chi connectivity index (χ0v) is 18.5. The van der Waals surface area contributed by atoms with E-state index in [0.717, 1.165) is 12.1 Å². The van der Waals surface area contributed by atoms with E-state index in [1.807, 2.05) is 4.90 Å². The molecule has 1 aromatic heterocycles. The van der Waals surface area contributed by atoms with Crippen molar-refractivity contribution in [1.29, 1.82) is 0 Å². The van der Waals surface area contributed by atoms with E-state index in [1.54, 1.807) is 32.0 Å². The minimum Gasteiger partial charge on any atom is -0.349 e. The van der Waals surface area contributed by atoms with Gasteiger partial charge in [-0.25, -0.2) is 14.3 Å². The SMILES string of the molecule is Cc1cc([C@@H](C)O[C@H]2OCCN(Cc3n[nH]c(=O)[nH]3)[C@H]2c2ccc(F)cc2)cc(C(F)(F)F)c1. The van der Waals surface area contributed by atoms with E-state index in [1.165, 1.54) is 12.1 Å². The molecule has 0 spiro atoms. The fraction of sp³-hybridized carbons (Fsp3) is 0.391. The summed E-state index contributed by atoms with van der Waals surface area (Å²) in [7, 11) is 0. The molecule has 4 rings (SSSR count). The van der Waals surface area contributed by atoms with Crippen LogP contribution in [0.15, 0.2) is 47.3 Å². The van der Waals surface area contributed by atoms with Crippen LogP contribution in [0.2, 0.25) is 0 Å². The molecule has 11 heteroatoms. The first-order chi connectivity index (χ1) is 16.1. The Morgan fingerprint density at radius 3 is 2.62 bits per heavy atom. The second-order valence-electron chi connectivity index (χ2n) is 8.24. The maximum absolute atomic E-state index is 13.6. The lowest BCUT2D eigenvalue weighted by Gasteiger charge is -2.41. The van der Waals surface area contributed by atoms with Gasteiger partial charge in [0.25, 0.3) is 0 Å². The summed E-state index contributed by atoms with van der Waals surface area (Å²) in [6.45, 7) is 4.25. The second-order valence-corrected chi connectivity index (χ2v) is 8.24. The number of hydrogen-bond donors (Lipinski definition) is 2. The van der Waals surface area contributed by atoms with E-state index in [9.17, 15) is 22.4 Å². The van der Waals surface area contributed by atoms with Gasteiger partial charge in [-0.1, -0.05) is 23.8 Å². The van der Waals surface area contributed by atoms with E-state index >= 15 is 0 Å². The van der Waals surface area contributed by atoms with Gasteiger partial charge < -0.3 is 9.47 Å². The minimum atomic E-state index is -4.48.